The maximum absolute atomic E-state index is 12.2. The first-order valence-electron chi connectivity index (χ1n) is 8.75. The Morgan fingerprint density at radius 2 is 1.80 bits per heavy atom. The van der Waals surface area contributed by atoms with Crippen molar-refractivity contribution in [1.29, 1.82) is 0 Å². The highest BCUT2D eigenvalue weighted by Crippen LogP contribution is 2.42. The molecule has 2 amide bonds. The minimum atomic E-state index is -0.219. The van der Waals surface area contributed by atoms with Crippen LogP contribution < -0.4 is 10.6 Å². The van der Waals surface area contributed by atoms with Crippen LogP contribution in [0.2, 0.25) is 0 Å². The molecule has 0 atom stereocenters. The van der Waals surface area contributed by atoms with Gasteiger partial charge in [0.2, 0.25) is 5.91 Å². The van der Waals surface area contributed by atoms with Gasteiger partial charge in [-0.2, -0.15) is 0 Å². The number of carbonyl (C=O) groups is 2. The van der Waals surface area contributed by atoms with Crippen molar-refractivity contribution < 1.29 is 9.59 Å². The van der Waals surface area contributed by atoms with Gasteiger partial charge in [-0.1, -0.05) is 36.6 Å². The van der Waals surface area contributed by atoms with Crippen LogP contribution in [0.1, 0.15) is 46.5 Å². The van der Waals surface area contributed by atoms with Gasteiger partial charge in [0.15, 0.2) is 0 Å². The smallest absolute Gasteiger partial charge is 0.251 e. The van der Waals surface area contributed by atoms with E-state index in [2.05, 4.69) is 28.1 Å². The molecule has 2 N–H and O–H groups in total. The molecule has 1 aliphatic rings. The van der Waals surface area contributed by atoms with Crippen LogP contribution in [-0.4, -0.2) is 24.9 Å². The number of hydrogen-bond acceptors (Lipinski definition) is 3. The molecule has 3 rings (SSSR count). The summed E-state index contributed by atoms with van der Waals surface area (Å²) in [5, 5.41) is 7.81. The fourth-order valence-electron chi connectivity index (χ4n) is 3.44. The molecular formula is C20H24N2O2S. The van der Waals surface area contributed by atoms with Gasteiger partial charge in [-0.15, -0.1) is 11.3 Å². The topological polar surface area (TPSA) is 58.2 Å². The number of benzene rings is 1. The fourth-order valence-corrected chi connectivity index (χ4v) is 4.43. The molecular weight excluding hydrogens is 332 g/mol. The summed E-state index contributed by atoms with van der Waals surface area (Å²) in [7, 11) is 0. The van der Waals surface area contributed by atoms with Crippen molar-refractivity contribution in [3.63, 3.8) is 0 Å². The van der Waals surface area contributed by atoms with E-state index < -0.39 is 0 Å². The van der Waals surface area contributed by atoms with E-state index in [-0.39, 0.29) is 23.8 Å². The predicted octanol–water partition coefficient (Wildman–Crippen LogP) is 3.41. The highest BCUT2D eigenvalue weighted by molar-refractivity contribution is 7.10. The number of hydrogen-bond donors (Lipinski definition) is 2. The van der Waals surface area contributed by atoms with Gasteiger partial charge in [0.1, 0.15) is 0 Å². The van der Waals surface area contributed by atoms with Gasteiger partial charge in [-0.3, -0.25) is 9.59 Å². The molecule has 1 aromatic heterocycles. The molecule has 1 aliphatic carbocycles. The number of aryl methyl sites for hydroxylation is 1. The number of amides is 2. The molecule has 0 unspecified atom stereocenters. The third-order valence-electron chi connectivity index (χ3n) is 4.95. The van der Waals surface area contributed by atoms with Crippen molar-refractivity contribution in [1.82, 2.24) is 10.6 Å². The van der Waals surface area contributed by atoms with E-state index in [1.165, 1.54) is 17.7 Å². The van der Waals surface area contributed by atoms with Crippen LogP contribution in [0.25, 0.3) is 0 Å². The maximum atomic E-state index is 12.2. The lowest BCUT2D eigenvalue weighted by molar-refractivity contribution is -0.120. The monoisotopic (exact) mass is 356 g/mol. The minimum Gasteiger partial charge on any atom is -0.354 e. The largest absolute Gasteiger partial charge is 0.354 e. The van der Waals surface area contributed by atoms with E-state index in [4.69, 9.17) is 0 Å². The normalized spacial score (nSPS) is 15.7. The van der Waals surface area contributed by atoms with Gasteiger partial charge in [-0.05, 0) is 43.3 Å². The van der Waals surface area contributed by atoms with E-state index in [0.29, 0.717) is 12.1 Å². The molecule has 1 aromatic carbocycles. The fraction of sp³-hybridized carbons (Fsp3) is 0.400. The Bertz CT molecular complexity index is 717. The van der Waals surface area contributed by atoms with Crippen molar-refractivity contribution in [3.8, 4) is 0 Å². The van der Waals surface area contributed by atoms with Crippen LogP contribution in [0.3, 0.4) is 0 Å². The molecule has 0 saturated heterocycles. The van der Waals surface area contributed by atoms with Crippen LogP contribution in [-0.2, 0) is 10.2 Å². The van der Waals surface area contributed by atoms with Crippen LogP contribution in [0, 0.1) is 6.92 Å². The summed E-state index contributed by atoms with van der Waals surface area (Å²) in [5.74, 6) is -0.354. The first kappa shape index (κ1) is 17.7. The van der Waals surface area contributed by atoms with Crippen molar-refractivity contribution in [2.24, 2.45) is 0 Å². The first-order chi connectivity index (χ1) is 12.1. The van der Waals surface area contributed by atoms with Gasteiger partial charge in [-0.25, -0.2) is 0 Å². The lowest BCUT2D eigenvalue weighted by atomic mass is 9.84. The van der Waals surface area contributed by atoms with Crippen molar-refractivity contribution in [3.05, 3.63) is 57.8 Å². The molecule has 1 saturated carbocycles. The summed E-state index contributed by atoms with van der Waals surface area (Å²) in [5.41, 5.74) is 1.75. The molecule has 132 valence electrons. The third-order valence-corrected chi connectivity index (χ3v) is 6.07. The summed E-state index contributed by atoms with van der Waals surface area (Å²) in [6.07, 6.45) is 4.64. The summed E-state index contributed by atoms with van der Waals surface area (Å²) < 4.78 is 0. The molecule has 0 radical (unpaired) electrons. The van der Waals surface area contributed by atoms with Crippen molar-refractivity contribution >= 4 is 23.2 Å². The maximum Gasteiger partial charge on any atom is 0.251 e. The van der Waals surface area contributed by atoms with Crippen molar-refractivity contribution in [2.75, 3.05) is 13.1 Å². The molecule has 4 nitrogen and oxygen atoms in total. The Labute approximate surface area is 152 Å². The number of rotatable bonds is 6. The van der Waals surface area contributed by atoms with Crippen LogP contribution in [0.5, 0.6) is 0 Å². The van der Waals surface area contributed by atoms with Gasteiger partial charge in [0.05, 0.1) is 6.54 Å². The quantitative estimate of drug-likeness (QED) is 0.833. The minimum absolute atomic E-state index is 0.00717. The summed E-state index contributed by atoms with van der Waals surface area (Å²) in [6.45, 7) is 2.63. The van der Waals surface area contributed by atoms with Crippen LogP contribution >= 0.6 is 11.3 Å². The molecule has 0 spiro atoms. The average molecular weight is 356 g/mol. The lowest BCUT2D eigenvalue weighted by Crippen LogP contribution is -2.43. The standard InChI is InChI=1S/C20H24N2O2S/c1-15-6-8-16(9-7-15)19(24)21-13-18(23)22-14-20(10-2-3-11-20)17-5-4-12-25-17/h4-9,12H,2-3,10-11,13-14H2,1H3,(H,21,24)(H,22,23). The second kappa shape index (κ2) is 7.83. The Balaban J connectivity index is 1.51. The van der Waals surface area contributed by atoms with Crippen LogP contribution in [0.4, 0.5) is 0 Å². The van der Waals surface area contributed by atoms with Gasteiger partial charge >= 0.3 is 0 Å². The van der Waals surface area contributed by atoms with Crippen molar-refractivity contribution in [2.45, 2.75) is 38.0 Å². The Hall–Kier alpha value is -2.14. The first-order valence-corrected chi connectivity index (χ1v) is 9.63. The molecule has 1 fully saturated rings. The van der Waals surface area contributed by atoms with E-state index in [1.54, 1.807) is 23.5 Å². The summed E-state index contributed by atoms with van der Waals surface area (Å²) in [6, 6.07) is 11.6. The van der Waals surface area contributed by atoms with Gasteiger partial charge < -0.3 is 10.6 Å². The highest BCUT2D eigenvalue weighted by Gasteiger charge is 2.36. The predicted molar refractivity (Wildman–Crippen MR) is 101 cm³/mol. The Kier molecular flexibility index (Phi) is 5.53. The number of nitrogens with one attached hydrogen (secondary N) is 2. The van der Waals surface area contributed by atoms with E-state index in [0.717, 1.165) is 18.4 Å². The molecule has 0 bridgehead atoms. The molecule has 0 aliphatic heterocycles. The number of carbonyl (C=O) groups excluding carboxylic acids is 2. The molecule has 2 aromatic rings. The Morgan fingerprint density at radius 3 is 2.44 bits per heavy atom. The SMILES string of the molecule is Cc1ccc(C(=O)NCC(=O)NCC2(c3cccs3)CCCC2)cc1. The summed E-state index contributed by atoms with van der Waals surface area (Å²) >= 11 is 1.77. The second-order valence-electron chi connectivity index (χ2n) is 6.79. The second-order valence-corrected chi connectivity index (χ2v) is 7.74. The zero-order valence-corrected chi connectivity index (χ0v) is 15.3. The zero-order chi connectivity index (χ0) is 17.7. The molecule has 1 heterocycles. The van der Waals surface area contributed by atoms with E-state index in [1.807, 2.05) is 19.1 Å². The summed E-state index contributed by atoms with van der Waals surface area (Å²) in [4.78, 5) is 25.6. The van der Waals surface area contributed by atoms with Gasteiger partial charge in [0, 0.05) is 22.4 Å². The average Bonchev–Trinajstić information content (AvgIpc) is 3.30. The van der Waals surface area contributed by atoms with Gasteiger partial charge in [0.25, 0.3) is 5.91 Å². The third kappa shape index (κ3) is 4.28. The van der Waals surface area contributed by atoms with E-state index >= 15 is 0 Å². The van der Waals surface area contributed by atoms with Crippen LogP contribution in [0.15, 0.2) is 41.8 Å². The Morgan fingerprint density at radius 1 is 1.08 bits per heavy atom. The number of thiophene rings is 1. The highest BCUT2D eigenvalue weighted by atomic mass is 32.1. The lowest BCUT2D eigenvalue weighted by Gasteiger charge is -2.28. The molecule has 25 heavy (non-hydrogen) atoms. The van der Waals surface area contributed by atoms with E-state index in [9.17, 15) is 9.59 Å². The zero-order valence-electron chi connectivity index (χ0n) is 14.5. The molecule has 5 heteroatoms.